The van der Waals surface area contributed by atoms with Gasteiger partial charge in [-0.05, 0) is 60.7 Å². The summed E-state index contributed by atoms with van der Waals surface area (Å²) in [6.07, 6.45) is -2.70. The molecule has 210 valence electrons. The molecule has 1 saturated heterocycles. The molecule has 4 nitrogen and oxygen atoms in total. The Labute approximate surface area is 233 Å². The van der Waals surface area contributed by atoms with Crippen molar-refractivity contribution in [2.75, 3.05) is 12.4 Å². The van der Waals surface area contributed by atoms with Gasteiger partial charge < -0.3 is 4.74 Å². The number of alkyl halides is 3. The monoisotopic (exact) mass is 594 g/mol. The van der Waals surface area contributed by atoms with Crippen molar-refractivity contribution >= 4 is 35.2 Å². The molecule has 2 aromatic carbocycles. The van der Waals surface area contributed by atoms with Crippen molar-refractivity contribution in [1.29, 1.82) is 0 Å². The molecule has 0 radical (unpaired) electrons. The number of rotatable bonds is 7. The summed E-state index contributed by atoms with van der Waals surface area (Å²) in [4.78, 5) is 14.9. The molecule has 1 fully saturated rings. The molecule has 1 aliphatic heterocycles. The van der Waals surface area contributed by atoms with Crippen molar-refractivity contribution in [3.8, 4) is 21.6 Å². The lowest BCUT2D eigenvalue weighted by Crippen LogP contribution is -2.54. The SMILES string of the molecule is CCOC(=O)C([C@]1(c2ccc(-c3ccc(-c4ccc(C(F)(F)F)cc4)cc3)s2)CCCCS1(=O)=O)[Si](C)(C)C. The fraction of sp³-hybridized carbons (Fsp3) is 0.414. The Morgan fingerprint density at radius 1 is 0.949 bits per heavy atom. The van der Waals surface area contributed by atoms with E-state index in [2.05, 4.69) is 0 Å². The predicted molar refractivity (Wildman–Crippen MR) is 153 cm³/mol. The van der Waals surface area contributed by atoms with Gasteiger partial charge in [-0.2, -0.15) is 13.2 Å². The molecule has 3 aromatic rings. The first-order valence-corrected chi connectivity index (χ1v) is 19.0. The summed E-state index contributed by atoms with van der Waals surface area (Å²) in [5.41, 5.74) is 0.882. The molecular weight excluding hydrogens is 562 g/mol. The van der Waals surface area contributed by atoms with Crippen molar-refractivity contribution in [3.05, 3.63) is 71.1 Å². The maximum Gasteiger partial charge on any atom is 0.416 e. The standard InChI is InChI=1S/C29H33F3O4S2Si/c1-5-36-27(33)26(39(2,3)4)28(18-6-7-19-38(28,34)35)25-17-16-24(37-25)22-10-8-20(9-11-22)21-12-14-23(15-13-21)29(30,31)32/h8-17,26H,5-7,18-19H2,1-4H3/t26?,28-/m1/s1. The summed E-state index contributed by atoms with van der Waals surface area (Å²) in [6, 6.07) is 16.2. The highest BCUT2D eigenvalue weighted by molar-refractivity contribution is 7.92. The van der Waals surface area contributed by atoms with Crippen molar-refractivity contribution in [2.45, 2.75) is 62.3 Å². The van der Waals surface area contributed by atoms with Crippen LogP contribution in [-0.4, -0.2) is 34.8 Å². The van der Waals surface area contributed by atoms with Crippen LogP contribution < -0.4 is 0 Å². The van der Waals surface area contributed by atoms with Gasteiger partial charge in [0.1, 0.15) is 4.75 Å². The third-order valence-corrected chi connectivity index (χ3v) is 14.1. The second-order valence-corrected chi connectivity index (χ2v) is 19.8. The van der Waals surface area contributed by atoms with Gasteiger partial charge in [-0.25, -0.2) is 8.42 Å². The van der Waals surface area contributed by atoms with E-state index < -0.39 is 45.9 Å². The van der Waals surface area contributed by atoms with E-state index >= 15 is 0 Å². The Kier molecular flexibility index (Phi) is 8.22. The van der Waals surface area contributed by atoms with Crippen LogP contribution in [0.1, 0.15) is 36.6 Å². The van der Waals surface area contributed by atoms with E-state index in [0.717, 1.165) is 28.1 Å². The van der Waals surface area contributed by atoms with Crippen molar-refractivity contribution in [1.82, 2.24) is 0 Å². The normalized spacial score (nSPS) is 20.4. The summed E-state index contributed by atoms with van der Waals surface area (Å²) in [5, 5.41) is 0. The molecule has 2 atom stereocenters. The summed E-state index contributed by atoms with van der Waals surface area (Å²) in [7, 11) is -6.01. The van der Waals surface area contributed by atoms with Crippen LogP contribution in [0.25, 0.3) is 21.6 Å². The van der Waals surface area contributed by atoms with Crippen LogP contribution in [0.2, 0.25) is 25.2 Å². The van der Waals surface area contributed by atoms with E-state index in [0.29, 0.717) is 29.7 Å². The van der Waals surface area contributed by atoms with Crippen LogP contribution in [0.3, 0.4) is 0 Å². The molecule has 0 saturated carbocycles. The number of ether oxygens (including phenoxy) is 1. The highest BCUT2D eigenvalue weighted by Crippen LogP contribution is 2.55. The van der Waals surface area contributed by atoms with E-state index in [1.165, 1.54) is 23.5 Å². The molecular formula is C29H33F3O4S2Si. The van der Waals surface area contributed by atoms with Crippen molar-refractivity contribution in [3.63, 3.8) is 0 Å². The minimum atomic E-state index is -4.38. The van der Waals surface area contributed by atoms with Crippen LogP contribution in [0, 0.1) is 0 Å². The average molecular weight is 595 g/mol. The molecule has 10 heteroatoms. The summed E-state index contributed by atoms with van der Waals surface area (Å²) < 4.78 is 70.7. The van der Waals surface area contributed by atoms with Crippen LogP contribution >= 0.6 is 11.3 Å². The smallest absolute Gasteiger partial charge is 0.416 e. The number of esters is 1. The Balaban J connectivity index is 1.73. The first-order valence-electron chi connectivity index (χ1n) is 13.0. The Bertz CT molecular complexity index is 1420. The Morgan fingerprint density at radius 2 is 1.51 bits per heavy atom. The third-order valence-electron chi connectivity index (χ3n) is 7.36. The van der Waals surface area contributed by atoms with Crippen molar-refractivity contribution in [2.24, 2.45) is 0 Å². The van der Waals surface area contributed by atoms with Gasteiger partial charge in [0, 0.05) is 9.75 Å². The first-order chi connectivity index (χ1) is 18.2. The molecule has 1 unspecified atom stereocenters. The molecule has 0 N–H and O–H groups in total. The van der Waals surface area contributed by atoms with Gasteiger partial charge in [-0.3, -0.25) is 4.79 Å². The van der Waals surface area contributed by atoms with Crippen LogP contribution in [0.4, 0.5) is 13.2 Å². The van der Waals surface area contributed by atoms with Gasteiger partial charge in [-0.1, -0.05) is 62.5 Å². The van der Waals surface area contributed by atoms with E-state index in [9.17, 15) is 26.4 Å². The lowest BCUT2D eigenvalue weighted by atomic mass is 9.94. The molecule has 1 aromatic heterocycles. The number of halogens is 3. The Hall–Kier alpha value is -2.43. The number of sulfone groups is 1. The number of benzene rings is 2. The second-order valence-electron chi connectivity index (χ2n) is 11.0. The fourth-order valence-corrected chi connectivity index (χ4v) is 13.7. The maximum atomic E-state index is 13.9. The highest BCUT2D eigenvalue weighted by atomic mass is 32.2. The molecule has 4 rings (SSSR count). The van der Waals surface area contributed by atoms with Gasteiger partial charge in [0.15, 0.2) is 9.84 Å². The van der Waals surface area contributed by atoms with Gasteiger partial charge in [0.25, 0.3) is 0 Å². The summed E-state index contributed by atoms with van der Waals surface area (Å²) in [5.74, 6) is -0.388. The van der Waals surface area contributed by atoms with E-state index in [1.54, 1.807) is 6.92 Å². The zero-order chi connectivity index (χ0) is 28.6. The molecule has 39 heavy (non-hydrogen) atoms. The van der Waals surface area contributed by atoms with Gasteiger partial charge >= 0.3 is 12.1 Å². The second kappa shape index (κ2) is 10.9. The number of carbonyl (C=O) groups is 1. The number of hydrogen-bond acceptors (Lipinski definition) is 5. The predicted octanol–water partition coefficient (Wildman–Crippen LogP) is 8.17. The average Bonchev–Trinajstić information content (AvgIpc) is 3.35. The number of thiophene rings is 1. The molecule has 0 bridgehead atoms. The zero-order valence-corrected chi connectivity index (χ0v) is 25.1. The molecule has 0 amide bonds. The van der Waals surface area contributed by atoms with Gasteiger partial charge in [0.2, 0.25) is 0 Å². The van der Waals surface area contributed by atoms with E-state index in [4.69, 9.17) is 4.74 Å². The Morgan fingerprint density at radius 3 is 2.03 bits per heavy atom. The lowest BCUT2D eigenvalue weighted by molar-refractivity contribution is -0.144. The molecule has 0 spiro atoms. The number of hydrogen-bond donors (Lipinski definition) is 0. The van der Waals surface area contributed by atoms with Crippen LogP contribution in [0.5, 0.6) is 0 Å². The third kappa shape index (κ3) is 5.74. The zero-order valence-electron chi connectivity index (χ0n) is 22.5. The summed E-state index contributed by atoms with van der Waals surface area (Å²) in [6.45, 7) is 7.99. The topological polar surface area (TPSA) is 60.4 Å². The number of carbonyl (C=O) groups excluding carboxylic acids is 1. The fourth-order valence-electron chi connectivity index (χ4n) is 5.63. The van der Waals surface area contributed by atoms with E-state index in [1.807, 2.05) is 56.0 Å². The maximum absolute atomic E-state index is 13.9. The van der Waals surface area contributed by atoms with E-state index in [-0.39, 0.29) is 12.4 Å². The van der Waals surface area contributed by atoms with Crippen LogP contribution in [-0.2, 0) is 30.3 Å². The van der Waals surface area contributed by atoms with Crippen molar-refractivity contribution < 1.29 is 31.1 Å². The summed E-state index contributed by atoms with van der Waals surface area (Å²) >= 11 is 1.39. The largest absolute Gasteiger partial charge is 0.466 e. The first kappa shape index (κ1) is 29.5. The molecule has 2 heterocycles. The molecule has 0 aliphatic carbocycles. The minimum Gasteiger partial charge on any atom is -0.466 e. The molecule has 1 aliphatic rings. The van der Waals surface area contributed by atoms with Crippen LogP contribution in [0.15, 0.2) is 60.7 Å². The lowest BCUT2D eigenvalue weighted by Gasteiger charge is -2.45. The quantitative estimate of drug-likeness (QED) is 0.205. The van der Waals surface area contributed by atoms with Gasteiger partial charge in [0.05, 0.1) is 31.5 Å². The van der Waals surface area contributed by atoms with Gasteiger partial charge in [-0.15, -0.1) is 11.3 Å². The minimum absolute atomic E-state index is 0.0441. The highest BCUT2D eigenvalue weighted by Gasteiger charge is 2.60.